The molecule has 0 radical (unpaired) electrons. The van der Waals surface area contributed by atoms with Crippen LogP contribution < -0.4 is 11.3 Å². The number of hydrogen-bond donors (Lipinski definition) is 1. The lowest BCUT2D eigenvalue weighted by molar-refractivity contribution is 0.246. The first-order valence-electron chi connectivity index (χ1n) is 9.61. The Morgan fingerprint density at radius 3 is 2.67 bits per heavy atom. The molecule has 0 saturated heterocycles. The van der Waals surface area contributed by atoms with Gasteiger partial charge in [0.05, 0.1) is 10.9 Å². The second-order valence-corrected chi connectivity index (χ2v) is 7.95. The van der Waals surface area contributed by atoms with Gasteiger partial charge in [0.1, 0.15) is 5.82 Å². The Bertz CT molecular complexity index is 1000. The lowest BCUT2D eigenvalue weighted by Crippen LogP contribution is -2.30. The molecule has 0 amide bonds. The molecule has 1 aliphatic rings. The maximum atomic E-state index is 13.3. The molecule has 27 heavy (non-hydrogen) atoms. The van der Waals surface area contributed by atoms with Gasteiger partial charge in [-0.25, -0.2) is 4.98 Å². The summed E-state index contributed by atoms with van der Waals surface area (Å²) in [5.41, 5.74) is 7.50. The molecule has 1 fully saturated rings. The lowest BCUT2D eigenvalue weighted by Gasteiger charge is -2.29. The van der Waals surface area contributed by atoms with Crippen molar-refractivity contribution in [1.82, 2.24) is 9.55 Å². The highest BCUT2D eigenvalue weighted by Gasteiger charge is 2.23. The Hall–Kier alpha value is -2.17. The third-order valence-corrected chi connectivity index (χ3v) is 5.85. The maximum Gasteiger partial charge on any atom is 0.261 e. The van der Waals surface area contributed by atoms with Crippen LogP contribution >= 0.6 is 11.6 Å². The van der Waals surface area contributed by atoms with Gasteiger partial charge in [0.25, 0.3) is 5.56 Å². The van der Waals surface area contributed by atoms with Crippen LogP contribution in [-0.4, -0.2) is 16.1 Å². The van der Waals surface area contributed by atoms with E-state index in [2.05, 4.69) is 0 Å². The highest BCUT2D eigenvalue weighted by atomic mass is 35.5. The minimum atomic E-state index is 0.00499. The number of nitrogens with two attached hydrogens (primary N) is 1. The van der Waals surface area contributed by atoms with E-state index in [0.29, 0.717) is 40.1 Å². The van der Waals surface area contributed by atoms with Crippen molar-refractivity contribution in [3.63, 3.8) is 0 Å². The van der Waals surface area contributed by atoms with Gasteiger partial charge >= 0.3 is 0 Å². The minimum Gasteiger partial charge on any atom is -0.330 e. The van der Waals surface area contributed by atoms with Crippen LogP contribution in [0.25, 0.3) is 22.3 Å². The molecule has 2 aromatic carbocycles. The molecule has 4 nitrogen and oxygen atoms in total. The van der Waals surface area contributed by atoms with Crippen LogP contribution in [0.1, 0.15) is 25.7 Å². The van der Waals surface area contributed by atoms with Crippen LogP contribution in [0.4, 0.5) is 0 Å². The summed E-state index contributed by atoms with van der Waals surface area (Å²) in [6, 6.07) is 15.2. The van der Waals surface area contributed by atoms with Gasteiger partial charge < -0.3 is 5.73 Å². The van der Waals surface area contributed by atoms with Crippen molar-refractivity contribution >= 4 is 22.5 Å². The predicted molar refractivity (Wildman–Crippen MR) is 111 cm³/mol. The van der Waals surface area contributed by atoms with E-state index in [1.807, 2.05) is 34.9 Å². The third-order valence-electron chi connectivity index (χ3n) is 5.61. The molecule has 1 saturated carbocycles. The molecule has 0 aliphatic heterocycles. The van der Waals surface area contributed by atoms with Crippen molar-refractivity contribution in [2.24, 2.45) is 17.6 Å². The van der Waals surface area contributed by atoms with Gasteiger partial charge in [-0.05, 0) is 55.8 Å². The van der Waals surface area contributed by atoms with E-state index in [0.717, 1.165) is 24.9 Å². The Morgan fingerprint density at radius 1 is 1.11 bits per heavy atom. The van der Waals surface area contributed by atoms with Crippen LogP contribution in [0, 0.1) is 11.8 Å². The van der Waals surface area contributed by atoms with E-state index in [9.17, 15) is 4.79 Å². The van der Waals surface area contributed by atoms with Gasteiger partial charge in [0.2, 0.25) is 0 Å². The van der Waals surface area contributed by atoms with E-state index in [4.69, 9.17) is 22.3 Å². The summed E-state index contributed by atoms with van der Waals surface area (Å²) in [4.78, 5) is 18.1. The molecule has 3 aromatic rings. The molecule has 1 aliphatic carbocycles. The zero-order valence-electron chi connectivity index (χ0n) is 15.3. The summed E-state index contributed by atoms with van der Waals surface area (Å²) in [7, 11) is 0. The van der Waals surface area contributed by atoms with Gasteiger partial charge in [-0.15, -0.1) is 0 Å². The zero-order chi connectivity index (χ0) is 18.8. The monoisotopic (exact) mass is 381 g/mol. The lowest BCUT2D eigenvalue weighted by atomic mass is 9.81. The SMILES string of the molecule is NCC1CCCC(Cn2c(-c3ccccc3)nc3cc(Cl)ccc3c2=O)C1. The van der Waals surface area contributed by atoms with Gasteiger partial charge in [0.15, 0.2) is 0 Å². The van der Waals surface area contributed by atoms with Crippen molar-refractivity contribution in [3.8, 4) is 11.4 Å². The van der Waals surface area contributed by atoms with Gasteiger partial charge in [-0.3, -0.25) is 9.36 Å². The molecule has 2 atom stereocenters. The number of halogens is 1. The molecule has 0 bridgehead atoms. The molecular formula is C22H24ClN3O. The van der Waals surface area contributed by atoms with E-state index >= 15 is 0 Å². The number of benzene rings is 2. The quantitative estimate of drug-likeness (QED) is 0.724. The molecule has 0 spiro atoms. The number of rotatable bonds is 4. The fraction of sp³-hybridized carbons (Fsp3) is 0.364. The van der Waals surface area contributed by atoms with Crippen LogP contribution in [0.15, 0.2) is 53.3 Å². The number of nitrogens with zero attached hydrogens (tertiary/aromatic N) is 2. The molecule has 140 valence electrons. The van der Waals surface area contributed by atoms with Gasteiger partial charge in [-0.1, -0.05) is 48.4 Å². The summed E-state index contributed by atoms with van der Waals surface area (Å²) in [5.74, 6) is 1.73. The summed E-state index contributed by atoms with van der Waals surface area (Å²) in [5, 5.41) is 1.20. The van der Waals surface area contributed by atoms with Gasteiger partial charge in [0, 0.05) is 17.1 Å². The summed E-state index contributed by atoms with van der Waals surface area (Å²) in [6.45, 7) is 1.41. The first kappa shape index (κ1) is 18.2. The Kier molecular flexibility index (Phi) is 5.28. The number of aromatic nitrogens is 2. The van der Waals surface area contributed by atoms with Crippen molar-refractivity contribution in [2.45, 2.75) is 32.2 Å². The zero-order valence-corrected chi connectivity index (χ0v) is 16.0. The number of fused-ring (bicyclic) bond motifs is 1. The van der Waals surface area contributed by atoms with Crippen LogP contribution in [-0.2, 0) is 6.54 Å². The smallest absolute Gasteiger partial charge is 0.261 e. The topological polar surface area (TPSA) is 60.9 Å². The van der Waals surface area contributed by atoms with E-state index < -0.39 is 0 Å². The fourth-order valence-electron chi connectivity index (χ4n) is 4.21. The molecule has 5 heteroatoms. The second-order valence-electron chi connectivity index (χ2n) is 7.51. The van der Waals surface area contributed by atoms with Crippen molar-refractivity contribution in [3.05, 3.63) is 63.9 Å². The number of hydrogen-bond acceptors (Lipinski definition) is 3. The van der Waals surface area contributed by atoms with E-state index in [1.54, 1.807) is 18.2 Å². The molecule has 2 unspecified atom stereocenters. The van der Waals surface area contributed by atoms with Gasteiger partial charge in [-0.2, -0.15) is 0 Å². The first-order valence-corrected chi connectivity index (χ1v) is 9.99. The third kappa shape index (κ3) is 3.78. The van der Waals surface area contributed by atoms with Crippen molar-refractivity contribution < 1.29 is 0 Å². The minimum absolute atomic E-state index is 0.00499. The maximum absolute atomic E-state index is 13.3. The highest BCUT2D eigenvalue weighted by molar-refractivity contribution is 6.31. The second kappa shape index (κ2) is 7.83. The Balaban J connectivity index is 1.83. The first-order chi connectivity index (χ1) is 13.2. The van der Waals surface area contributed by atoms with Crippen LogP contribution in [0.3, 0.4) is 0 Å². The van der Waals surface area contributed by atoms with Crippen molar-refractivity contribution in [1.29, 1.82) is 0 Å². The molecule has 2 N–H and O–H groups in total. The van der Waals surface area contributed by atoms with E-state index in [1.165, 1.54) is 12.8 Å². The average molecular weight is 382 g/mol. The molecule has 1 aromatic heterocycles. The standard InChI is InChI=1S/C22H24ClN3O/c23-18-9-10-19-20(12-18)25-21(17-7-2-1-3-8-17)26(22(19)27)14-16-6-4-5-15(11-16)13-24/h1-3,7-10,12,15-16H,4-6,11,13-14,24H2. The van der Waals surface area contributed by atoms with Crippen LogP contribution in [0.2, 0.25) is 5.02 Å². The summed E-state index contributed by atoms with van der Waals surface area (Å²) < 4.78 is 1.86. The summed E-state index contributed by atoms with van der Waals surface area (Å²) >= 11 is 6.14. The van der Waals surface area contributed by atoms with Crippen LogP contribution in [0.5, 0.6) is 0 Å². The molecular weight excluding hydrogens is 358 g/mol. The molecule has 4 rings (SSSR count). The highest BCUT2D eigenvalue weighted by Crippen LogP contribution is 2.30. The Labute approximate surface area is 164 Å². The normalized spacial score (nSPS) is 20.1. The van der Waals surface area contributed by atoms with E-state index in [-0.39, 0.29) is 5.56 Å². The fourth-order valence-corrected chi connectivity index (χ4v) is 4.38. The molecule has 1 heterocycles. The largest absolute Gasteiger partial charge is 0.330 e. The summed E-state index contributed by atoms with van der Waals surface area (Å²) in [6.07, 6.45) is 4.59. The predicted octanol–water partition coefficient (Wildman–Crippen LogP) is 4.48. The average Bonchev–Trinajstić information content (AvgIpc) is 2.70. The van der Waals surface area contributed by atoms with Crippen molar-refractivity contribution in [2.75, 3.05) is 6.54 Å². The Morgan fingerprint density at radius 2 is 1.89 bits per heavy atom.